The van der Waals surface area contributed by atoms with Gasteiger partial charge in [0.05, 0.1) is 29.5 Å². The number of carbonyl (C=O) groups is 2. The molecule has 1 aliphatic carbocycles. The van der Waals surface area contributed by atoms with Gasteiger partial charge in [0.2, 0.25) is 11.8 Å². The molecule has 5 rings (SSSR count). The fourth-order valence-corrected chi connectivity index (χ4v) is 5.63. The second kappa shape index (κ2) is 11.2. The Morgan fingerprint density at radius 2 is 1.88 bits per heavy atom. The Morgan fingerprint density at radius 1 is 1.17 bits per heavy atom. The van der Waals surface area contributed by atoms with Crippen LogP contribution in [0.15, 0.2) is 24.4 Å². The number of hydrogen-bond acceptors (Lipinski definition) is 5. The highest BCUT2D eigenvalue weighted by Gasteiger charge is 2.45. The number of imidazole rings is 1. The number of fused-ring (bicyclic) bond motifs is 1. The third kappa shape index (κ3) is 6.36. The minimum Gasteiger partial charge on any atom is -0.355 e. The van der Waals surface area contributed by atoms with Crippen molar-refractivity contribution in [1.29, 1.82) is 0 Å². The third-order valence-corrected chi connectivity index (χ3v) is 7.97. The van der Waals surface area contributed by atoms with Gasteiger partial charge < -0.3 is 10.6 Å². The van der Waals surface area contributed by atoms with Gasteiger partial charge in [0.1, 0.15) is 11.4 Å². The van der Waals surface area contributed by atoms with E-state index in [1.54, 1.807) is 6.07 Å². The van der Waals surface area contributed by atoms with Gasteiger partial charge in [-0.25, -0.2) is 27.1 Å². The zero-order valence-electron chi connectivity index (χ0n) is 22.3. The molecular weight excluding hydrogens is 575 g/mol. The van der Waals surface area contributed by atoms with E-state index in [4.69, 9.17) is 0 Å². The van der Waals surface area contributed by atoms with E-state index in [0.29, 0.717) is 11.3 Å². The van der Waals surface area contributed by atoms with Crippen LogP contribution in [0.5, 0.6) is 0 Å². The van der Waals surface area contributed by atoms with Crippen molar-refractivity contribution in [3.8, 4) is 0 Å². The van der Waals surface area contributed by atoms with E-state index < -0.39 is 79.2 Å². The van der Waals surface area contributed by atoms with Crippen molar-refractivity contribution in [2.45, 2.75) is 63.1 Å². The van der Waals surface area contributed by atoms with Crippen LogP contribution in [0.1, 0.15) is 72.1 Å². The van der Waals surface area contributed by atoms with Gasteiger partial charge in [0, 0.05) is 38.8 Å². The van der Waals surface area contributed by atoms with Crippen molar-refractivity contribution < 1.29 is 40.3 Å². The van der Waals surface area contributed by atoms with Crippen LogP contribution >= 0.6 is 0 Å². The predicted octanol–water partition coefficient (Wildman–Crippen LogP) is 4.55. The maximum absolute atomic E-state index is 13.9. The SMILES string of the molecule is Cn1nc(C(F)F)cc1C(=O)N[C@H](c1cn2nc(CC3C[C@@H](C(F)(F)F)CNC3=O)ccc2n1)C1CCC(F)(F)CC1. The second-order valence-corrected chi connectivity index (χ2v) is 10.9. The van der Waals surface area contributed by atoms with E-state index in [1.807, 2.05) is 0 Å². The summed E-state index contributed by atoms with van der Waals surface area (Å²) >= 11 is 0. The molecule has 1 unspecified atom stereocenters. The quantitative estimate of drug-likeness (QED) is 0.386. The van der Waals surface area contributed by atoms with Crippen molar-refractivity contribution in [2.24, 2.45) is 24.8 Å². The Labute approximate surface area is 234 Å². The molecule has 4 heterocycles. The number of amides is 2. The van der Waals surface area contributed by atoms with Crippen LogP contribution in [0.2, 0.25) is 0 Å². The van der Waals surface area contributed by atoms with Crippen molar-refractivity contribution in [3.05, 3.63) is 47.2 Å². The summed E-state index contributed by atoms with van der Waals surface area (Å²) in [6, 6.07) is 3.17. The topological polar surface area (TPSA) is 106 Å². The molecule has 0 radical (unpaired) electrons. The van der Waals surface area contributed by atoms with Crippen LogP contribution in [0, 0.1) is 17.8 Å². The average Bonchev–Trinajstić information content (AvgIpc) is 3.51. The zero-order valence-corrected chi connectivity index (χ0v) is 22.3. The number of hydrogen-bond donors (Lipinski definition) is 2. The molecule has 9 nitrogen and oxygen atoms in total. The first-order valence-electron chi connectivity index (χ1n) is 13.4. The first-order chi connectivity index (χ1) is 19.7. The Kier molecular flexibility index (Phi) is 7.91. The number of halogens is 7. The highest BCUT2D eigenvalue weighted by Crippen LogP contribution is 2.41. The lowest BCUT2D eigenvalue weighted by molar-refractivity contribution is -0.183. The second-order valence-electron chi connectivity index (χ2n) is 10.9. The number of carbonyl (C=O) groups excluding carboxylic acids is 2. The summed E-state index contributed by atoms with van der Waals surface area (Å²) in [6.07, 6.45) is -6.95. The first-order valence-corrected chi connectivity index (χ1v) is 13.4. The molecule has 16 heteroatoms. The van der Waals surface area contributed by atoms with Crippen LogP contribution in [-0.2, 0) is 18.3 Å². The summed E-state index contributed by atoms with van der Waals surface area (Å²) in [5, 5.41) is 13.1. The largest absolute Gasteiger partial charge is 0.393 e. The Hall–Kier alpha value is -3.72. The molecule has 42 heavy (non-hydrogen) atoms. The molecule has 228 valence electrons. The molecule has 2 amide bonds. The Balaban J connectivity index is 1.40. The van der Waals surface area contributed by atoms with E-state index in [0.717, 1.165) is 10.7 Å². The molecular formula is C26H28F7N7O2. The van der Waals surface area contributed by atoms with Gasteiger partial charge in [-0.3, -0.25) is 14.3 Å². The molecule has 3 atom stereocenters. The lowest BCUT2D eigenvalue weighted by Crippen LogP contribution is -2.47. The average molecular weight is 604 g/mol. The molecule has 0 aromatic carbocycles. The Morgan fingerprint density at radius 3 is 2.52 bits per heavy atom. The van der Waals surface area contributed by atoms with Crippen LogP contribution in [-0.4, -0.2) is 54.8 Å². The Bertz CT molecular complexity index is 1460. The highest BCUT2D eigenvalue weighted by molar-refractivity contribution is 5.93. The molecule has 3 aromatic rings. The van der Waals surface area contributed by atoms with Crippen molar-refractivity contribution in [1.82, 2.24) is 35.0 Å². The van der Waals surface area contributed by atoms with E-state index >= 15 is 0 Å². The molecule has 2 N–H and O–H groups in total. The fraction of sp³-hybridized carbons (Fsp3) is 0.577. The predicted molar refractivity (Wildman–Crippen MR) is 133 cm³/mol. The standard InChI is InChI=1S/C26H28F7N7O2/c1-39-19(10-17(38-39)22(27)28)24(42)36-21(13-4-6-25(29,30)7-5-13)18-12-40-20(35-18)3-2-16(37-40)9-14-8-15(26(31,32)33)11-34-23(14)41/h2-3,10,12-15,21-22H,4-9,11H2,1H3,(H,34,41)(H,36,42)/t14?,15-,21+/m1/s1. The van der Waals surface area contributed by atoms with Gasteiger partial charge in [-0.05, 0) is 43.4 Å². The summed E-state index contributed by atoms with van der Waals surface area (Å²) < 4.78 is 96.2. The van der Waals surface area contributed by atoms with E-state index in [2.05, 4.69) is 25.8 Å². The number of piperidine rings is 1. The van der Waals surface area contributed by atoms with E-state index in [-0.39, 0.29) is 37.1 Å². The maximum atomic E-state index is 13.9. The summed E-state index contributed by atoms with van der Waals surface area (Å²) in [5.74, 6) is -7.13. The van der Waals surface area contributed by atoms with E-state index in [1.165, 1.54) is 23.8 Å². The molecule has 0 bridgehead atoms. The van der Waals surface area contributed by atoms with Gasteiger partial charge in [0.25, 0.3) is 12.3 Å². The molecule has 2 fully saturated rings. The summed E-state index contributed by atoms with van der Waals surface area (Å²) in [7, 11) is 1.33. The first kappa shape index (κ1) is 29.8. The van der Waals surface area contributed by atoms with Crippen LogP contribution in [0.4, 0.5) is 30.7 Å². The van der Waals surface area contributed by atoms with Crippen LogP contribution < -0.4 is 10.6 Å². The van der Waals surface area contributed by atoms with Crippen molar-refractivity contribution in [2.75, 3.05) is 6.54 Å². The van der Waals surface area contributed by atoms with Gasteiger partial charge in [-0.2, -0.15) is 23.4 Å². The van der Waals surface area contributed by atoms with Gasteiger partial charge in [0.15, 0.2) is 5.65 Å². The molecule has 3 aromatic heterocycles. The zero-order chi connectivity index (χ0) is 30.4. The van der Waals surface area contributed by atoms with Crippen LogP contribution in [0.3, 0.4) is 0 Å². The number of nitrogens with zero attached hydrogens (tertiary/aromatic N) is 5. The molecule has 1 saturated heterocycles. The molecule has 1 aliphatic heterocycles. The number of alkyl halides is 7. The van der Waals surface area contributed by atoms with Crippen LogP contribution in [0.25, 0.3) is 5.65 Å². The molecule has 0 spiro atoms. The van der Waals surface area contributed by atoms with Gasteiger partial charge >= 0.3 is 6.18 Å². The monoisotopic (exact) mass is 603 g/mol. The van der Waals surface area contributed by atoms with Gasteiger partial charge in [-0.1, -0.05) is 0 Å². The molecule has 2 aliphatic rings. The smallest absolute Gasteiger partial charge is 0.355 e. The minimum absolute atomic E-state index is 0.0489. The summed E-state index contributed by atoms with van der Waals surface area (Å²) in [5.41, 5.74) is 0.197. The number of nitrogens with one attached hydrogen (secondary N) is 2. The van der Waals surface area contributed by atoms with Gasteiger partial charge in [-0.15, -0.1) is 0 Å². The number of aromatic nitrogens is 5. The number of rotatable bonds is 7. The lowest BCUT2D eigenvalue weighted by atomic mass is 9.81. The maximum Gasteiger partial charge on any atom is 0.393 e. The van der Waals surface area contributed by atoms with Crippen molar-refractivity contribution in [3.63, 3.8) is 0 Å². The highest BCUT2D eigenvalue weighted by atomic mass is 19.4. The molecule has 1 saturated carbocycles. The van der Waals surface area contributed by atoms with Crippen molar-refractivity contribution >= 4 is 17.5 Å². The minimum atomic E-state index is -4.44. The lowest BCUT2D eigenvalue weighted by Gasteiger charge is -2.33. The fourth-order valence-electron chi connectivity index (χ4n) is 5.63. The van der Waals surface area contributed by atoms with E-state index in [9.17, 15) is 40.3 Å². The summed E-state index contributed by atoms with van der Waals surface area (Å²) in [6.45, 7) is -0.474. The number of aryl methyl sites for hydroxylation is 1. The third-order valence-electron chi connectivity index (χ3n) is 7.97. The summed E-state index contributed by atoms with van der Waals surface area (Å²) in [4.78, 5) is 29.9. The normalized spacial score (nSPS) is 22.4.